The Morgan fingerprint density at radius 2 is 2.18 bits per heavy atom. The fourth-order valence-corrected chi connectivity index (χ4v) is 3.67. The fourth-order valence-electron chi connectivity index (χ4n) is 2.91. The summed E-state index contributed by atoms with van der Waals surface area (Å²) < 4.78 is 2.14. The number of hydrogen-bond acceptors (Lipinski definition) is 1. The molecular weight excluding hydrogens is 276 g/mol. The lowest BCUT2D eigenvalue weighted by Gasteiger charge is -2.16. The average Bonchev–Trinajstić information content (AvgIpc) is 2.94. The maximum absolute atomic E-state index is 4.51. The SMILES string of the molecule is CCn1nc(C)cc1CCC(Br)C1CCCC1. The molecule has 0 saturated heterocycles. The Balaban J connectivity index is 1.87. The van der Waals surface area contributed by atoms with Crippen LogP contribution in [-0.4, -0.2) is 14.6 Å². The lowest BCUT2D eigenvalue weighted by Crippen LogP contribution is -2.13. The Morgan fingerprint density at radius 1 is 1.47 bits per heavy atom. The molecule has 1 heterocycles. The van der Waals surface area contributed by atoms with E-state index in [1.54, 1.807) is 0 Å². The second-order valence-electron chi connectivity index (χ2n) is 5.19. The molecule has 1 saturated carbocycles. The molecule has 1 aromatic rings. The first-order valence-electron chi connectivity index (χ1n) is 6.88. The van der Waals surface area contributed by atoms with Gasteiger partial charge in [0.15, 0.2) is 0 Å². The van der Waals surface area contributed by atoms with Gasteiger partial charge in [0.2, 0.25) is 0 Å². The van der Waals surface area contributed by atoms with Crippen LogP contribution in [0, 0.1) is 12.8 Å². The third-order valence-electron chi connectivity index (χ3n) is 3.87. The van der Waals surface area contributed by atoms with Gasteiger partial charge in [-0.2, -0.15) is 5.10 Å². The van der Waals surface area contributed by atoms with Crippen LogP contribution in [-0.2, 0) is 13.0 Å². The number of aromatic nitrogens is 2. The van der Waals surface area contributed by atoms with Crippen LogP contribution in [0.4, 0.5) is 0 Å². The summed E-state index contributed by atoms with van der Waals surface area (Å²) in [6.45, 7) is 5.23. The summed E-state index contributed by atoms with van der Waals surface area (Å²) in [6.07, 6.45) is 8.10. The highest BCUT2D eigenvalue weighted by molar-refractivity contribution is 9.09. The molecule has 2 rings (SSSR count). The van der Waals surface area contributed by atoms with Crippen LogP contribution in [0.25, 0.3) is 0 Å². The first-order valence-corrected chi connectivity index (χ1v) is 7.79. The summed E-state index contributed by atoms with van der Waals surface area (Å²) >= 11 is 3.89. The second kappa shape index (κ2) is 6.03. The summed E-state index contributed by atoms with van der Waals surface area (Å²) in [7, 11) is 0. The minimum absolute atomic E-state index is 0.700. The number of rotatable bonds is 5. The van der Waals surface area contributed by atoms with E-state index in [0.717, 1.165) is 24.6 Å². The van der Waals surface area contributed by atoms with Crippen molar-refractivity contribution >= 4 is 15.9 Å². The molecule has 0 spiro atoms. The molecule has 17 heavy (non-hydrogen) atoms. The molecule has 1 aliphatic carbocycles. The third kappa shape index (κ3) is 3.34. The van der Waals surface area contributed by atoms with Crippen LogP contribution >= 0.6 is 15.9 Å². The average molecular weight is 299 g/mol. The van der Waals surface area contributed by atoms with Crippen molar-refractivity contribution in [3.63, 3.8) is 0 Å². The van der Waals surface area contributed by atoms with E-state index in [-0.39, 0.29) is 0 Å². The lowest BCUT2D eigenvalue weighted by molar-refractivity contribution is 0.497. The summed E-state index contributed by atoms with van der Waals surface area (Å²) in [5.74, 6) is 0.911. The number of aryl methyl sites for hydroxylation is 3. The molecule has 1 aromatic heterocycles. The van der Waals surface area contributed by atoms with Gasteiger partial charge < -0.3 is 0 Å². The molecular formula is C14H23BrN2. The molecule has 0 N–H and O–H groups in total. The molecule has 1 aliphatic rings. The van der Waals surface area contributed by atoms with Gasteiger partial charge in [0.25, 0.3) is 0 Å². The van der Waals surface area contributed by atoms with Crippen molar-refractivity contribution in [2.75, 3.05) is 0 Å². The van der Waals surface area contributed by atoms with Gasteiger partial charge in [0.05, 0.1) is 5.69 Å². The van der Waals surface area contributed by atoms with Gasteiger partial charge in [0.1, 0.15) is 0 Å². The maximum atomic E-state index is 4.51. The first-order chi connectivity index (χ1) is 8.20. The van der Waals surface area contributed by atoms with Crippen molar-refractivity contribution in [1.29, 1.82) is 0 Å². The predicted octanol–water partition coefficient (Wildman–Crippen LogP) is 4.10. The van der Waals surface area contributed by atoms with Crippen molar-refractivity contribution < 1.29 is 0 Å². The van der Waals surface area contributed by atoms with Gasteiger partial charge in [-0.15, -0.1) is 0 Å². The van der Waals surface area contributed by atoms with E-state index in [4.69, 9.17) is 0 Å². The Hall–Kier alpha value is -0.310. The second-order valence-corrected chi connectivity index (χ2v) is 6.37. The zero-order valence-corrected chi connectivity index (χ0v) is 12.5. The van der Waals surface area contributed by atoms with E-state index in [9.17, 15) is 0 Å². The topological polar surface area (TPSA) is 17.8 Å². The van der Waals surface area contributed by atoms with Gasteiger partial charge in [-0.3, -0.25) is 4.68 Å². The maximum Gasteiger partial charge on any atom is 0.0596 e. The summed E-state index contributed by atoms with van der Waals surface area (Å²) in [5, 5.41) is 4.51. The van der Waals surface area contributed by atoms with Crippen LogP contribution in [0.2, 0.25) is 0 Å². The van der Waals surface area contributed by atoms with E-state index in [0.29, 0.717) is 4.83 Å². The molecule has 0 radical (unpaired) electrons. The number of halogens is 1. The highest BCUT2D eigenvalue weighted by Gasteiger charge is 2.22. The molecule has 0 aromatic carbocycles. The highest BCUT2D eigenvalue weighted by atomic mass is 79.9. The van der Waals surface area contributed by atoms with Crippen molar-refractivity contribution in [2.24, 2.45) is 5.92 Å². The van der Waals surface area contributed by atoms with Gasteiger partial charge in [-0.1, -0.05) is 28.8 Å². The molecule has 1 atom stereocenters. The minimum atomic E-state index is 0.700. The first kappa shape index (κ1) is 13.1. The molecule has 0 bridgehead atoms. The van der Waals surface area contributed by atoms with Gasteiger partial charge in [-0.05, 0) is 51.5 Å². The minimum Gasteiger partial charge on any atom is -0.270 e. The standard InChI is InChI=1S/C14H23BrN2/c1-3-17-13(10-11(2)16-17)8-9-14(15)12-6-4-5-7-12/h10,12,14H,3-9H2,1-2H3. The van der Waals surface area contributed by atoms with E-state index in [1.807, 2.05) is 0 Å². The Morgan fingerprint density at radius 3 is 2.82 bits per heavy atom. The zero-order valence-electron chi connectivity index (χ0n) is 11.0. The highest BCUT2D eigenvalue weighted by Crippen LogP contribution is 2.33. The third-order valence-corrected chi connectivity index (χ3v) is 5.08. The van der Waals surface area contributed by atoms with Crippen molar-refractivity contribution in [3.8, 4) is 0 Å². The number of nitrogens with zero attached hydrogens (tertiary/aromatic N) is 2. The molecule has 2 nitrogen and oxygen atoms in total. The van der Waals surface area contributed by atoms with Gasteiger partial charge >= 0.3 is 0 Å². The van der Waals surface area contributed by atoms with E-state index < -0.39 is 0 Å². The molecule has 3 heteroatoms. The Kier molecular flexibility index (Phi) is 4.66. The number of alkyl halides is 1. The van der Waals surface area contributed by atoms with Crippen LogP contribution < -0.4 is 0 Å². The fraction of sp³-hybridized carbons (Fsp3) is 0.786. The smallest absolute Gasteiger partial charge is 0.0596 e. The monoisotopic (exact) mass is 298 g/mol. The van der Waals surface area contributed by atoms with E-state index in [1.165, 1.54) is 37.8 Å². The largest absolute Gasteiger partial charge is 0.270 e. The summed E-state index contributed by atoms with van der Waals surface area (Å²) in [4.78, 5) is 0.700. The van der Waals surface area contributed by atoms with Gasteiger partial charge in [-0.25, -0.2) is 0 Å². The predicted molar refractivity (Wildman–Crippen MR) is 75.6 cm³/mol. The van der Waals surface area contributed by atoms with Crippen LogP contribution in [0.15, 0.2) is 6.07 Å². The normalized spacial score (nSPS) is 18.8. The Labute approximate surface area is 113 Å². The summed E-state index contributed by atoms with van der Waals surface area (Å²) in [5.41, 5.74) is 2.54. The van der Waals surface area contributed by atoms with Crippen molar-refractivity contribution in [2.45, 2.75) is 63.7 Å². The number of hydrogen-bond donors (Lipinski definition) is 0. The molecule has 1 unspecified atom stereocenters. The van der Waals surface area contributed by atoms with Crippen LogP contribution in [0.3, 0.4) is 0 Å². The zero-order chi connectivity index (χ0) is 12.3. The van der Waals surface area contributed by atoms with Gasteiger partial charge in [0, 0.05) is 17.1 Å². The quantitative estimate of drug-likeness (QED) is 0.749. The molecule has 0 amide bonds. The van der Waals surface area contributed by atoms with E-state index in [2.05, 4.69) is 45.6 Å². The summed E-state index contributed by atoms with van der Waals surface area (Å²) in [6, 6.07) is 2.23. The molecule has 1 fully saturated rings. The lowest BCUT2D eigenvalue weighted by atomic mass is 9.99. The Bertz CT molecular complexity index is 353. The van der Waals surface area contributed by atoms with Crippen LogP contribution in [0.1, 0.15) is 50.4 Å². The molecule has 96 valence electrons. The van der Waals surface area contributed by atoms with Crippen molar-refractivity contribution in [1.82, 2.24) is 9.78 Å². The molecule has 0 aliphatic heterocycles. The van der Waals surface area contributed by atoms with E-state index >= 15 is 0 Å². The van der Waals surface area contributed by atoms with Crippen LogP contribution in [0.5, 0.6) is 0 Å². The van der Waals surface area contributed by atoms with Crippen molar-refractivity contribution in [3.05, 3.63) is 17.5 Å².